The number of hydrogen-bond acceptors (Lipinski definition) is 4. The summed E-state index contributed by atoms with van der Waals surface area (Å²) in [6, 6.07) is 10.1. The van der Waals surface area contributed by atoms with E-state index in [0.717, 1.165) is 35.4 Å². The van der Waals surface area contributed by atoms with Gasteiger partial charge in [-0.25, -0.2) is 4.98 Å². The molecule has 146 valence electrons. The highest BCUT2D eigenvalue weighted by atomic mass is 16.1. The van der Waals surface area contributed by atoms with Gasteiger partial charge in [0, 0.05) is 61.1 Å². The number of H-pyrrole nitrogens is 1. The summed E-state index contributed by atoms with van der Waals surface area (Å²) in [5, 5.41) is 11.8. The molecule has 0 spiro atoms. The minimum Gasteiger partial charge on any atom is -0.369 e. The number of nitrogens with one attached hydrogen (secondary N) is 3. The number of carbonyl (C=O) groups excluding carboxylic acids is 1. The van der Waals surface area contributed by atoms with Gasteiger partial charge in [-0.05, 0) is 29.7 Å². The number of nitrogens with zero attached hydrogens (tertiary/aromatic N) is 3. The third-order valence-corrected chi connectivity index (χ3v) is 5.51. The zero-order valence-electron chi connectivity index (χ0n) is 16.1. The number of hydrogen-bond donors (Lipinski definition) is 3. The van der Waals surface area contributed by atoms with Crippen molar-refractivity contribution >= 4 is 22.6 Å². The van der Waals surface area contributed by atoms with Crippen LogP contribution in [0.4, 0.5) is 5.82 Å². The van der Waals surface area contributed by atoms with Crippen LogP contribution in [-0.4, -0.2) is 38.7 Å². The molecule has 1 aliphatic heterocycles. The Balaban J connectivity index is 1.28. The molecule has 3 aromatic heterocycles. The van der Waals surface area contributed by atoms with Crippen LogP contribution in [0.3, 0.4) is 0 Å². The Morgan fingerprint density at radius 1 is 1.31 bits per heavy atom. The molecule has 4 aromatic rings. The van der Waals surface area contributed by atoms with Crippen LogP contribution in [0.25, 0.3) is 10.9 Å². The van der Waals surface area contributed by atoms with E-state index < -0.39 is 0 Å². The Morgan fingerprint density at radius 3 is 3.07 bits per heavy atom. The predicted molar refractivity (Wildman–Crippen MR) is 112 cm³/mol. The normalized spacial score (nSPS) is 15.3. The van der Waals surface area contributed by atoms with Crippen molar-refractivity contribution in [1.29, 1.82) is 0 Å². The first-order chi connectivity index (χ1) is 14.2. The van der Waals surface area contributed by atoms with E-state index in [1.54, 1.807) is 10.9 Å². The Hall–Kier alpha value is -3.61. The fraction of sp³-hybridized carbons (Fsp3) is 0.227. The van der Waals surface area contributed by atoms with E-state index in [1.165, 1.54) is 10.9 Å². The van der Waals surface area contributed by atoms with Crippen molar-refractivity contribution in [3.8, 4) is 0 Å². The van der Waals surface area contributed by atoms with Crippen molar-refractivity contribution in [2.24, 2.45) is 7.05 Å². The number of carbonyl (C=O) groups is 1. The average Bonchev–Trinajstić information content (AvgIpc) is 3.45. The third-order valence-electron chi connectivity index (χ3n) is 5.51. The molecule has 29 heavy (non-hydrogen) atoms. The average molecular weight is 386 g/mol. The summed E-state index contributed by atoms with van der Waals surface area (Å²) in [7, 11) is 1.91. The minimum absolute atomic E-state index is 0.100. The number of fused-ring (bicyclic) bond motifs is 2. The van der Waals surface area contributed by atoms with E-state index in [0.29, 0.717) is 12.1 Å². The molecular formula is C22H22N6O. The Bertz CT molecular complexity index is 1190. The molecule has 1 aromatic carbocycles. The van der Waals surface area contributed by atoms with Crippen LogP contribution in [0.1, 0.15) is 33.0 Å². The van der Waals surface area contributed by atoms with E-state index in [1.807, 2.05) is 43.8 Å². The van der Waals surface area contributed by atoms with Crippen LogP contribution in [0.2, 0.25) is 0 Å². The first kappa shape index (κ1) is 17.5. The first-order valence-electron chi connectivity index (χ1n) is 9.74. The second kappa shape index (κ2) is 7.09. The van der Waals surface area contributed by atoms with Crippen LogP contribution in [0.5, 0.6) is 0 Å². The van der Waals surface area contributed by atoms with E-state index in [9.17, 15) is 4.79 Å². The molecule has 1 atom stereocenters. The molecule has 1 aliphatic rings. The zero-order chi connectivity index (χ0) is 19.8. The molecule has 0 fully saturated rings. The number of pyridine rings is 1. The predicted octanol–water partition coefficient (Wildman–Crippen LogP) is 2.83. The maximum Gasteiger partial charge on any atom is 0.252 e. The van der Waals surface area contributed by atoms with Gasteiger partial charge >= 0.3 is 0 Å². The Kier molecular flexibility index (Phi) is 4.27. The smallest absolute Gasteiger partial charge is 0.252 e. The molecule has 1 amide bonds. The van der Waals surface area contributed by atoms with Crippen molar-refractivity contribution in [3.63, 3.8) is 0 Å². The molecule has 5 rings (SSSR count). The van der Waals surface area contributed by atoms with Crippen molar-refractivity contribution in [2.45, 2.75) is 12.3 Å². The van der Waals surface area contributed by atoms with Crippen LogP contribution >= 0.6 is 0 Å². The fourth-order valence-corrected chi connectivity index (χ4v) is 4.00. The van der Waals surface area contributed by atoms with Crippen molar-refractivity contribution in [1.82, 2.24) is 25.1 Å². The van der Waals surface area contributed by atoms with Crippen molar-refractivity contribution in [3.05, 3.63) is 77.4 Å². The maximum atomic E-state index is 12.7. The van der Waals surface area contributed by atoms with Gasteiger partial charge in [-0.1, -0.05) is 18.2 Å². The minimum atomic E-state index is -0.100. The number of anilines is 1. The van der Waals surface area contributed by atoms with Gasteiger partial charge in [0.15, 0.2) is 0 Å². The highest BCUT2D eigenvalue weighted by Crippen LogP contribution is 2.35. The van der Waals surface area contributed by atoms with E-state index in [-0.39, 0.29) is 11.8 Å². The van der Waals surface area contributed by atoms with Gasteiger partial charge in [-0.15, -0.1) is 0 Å². The summed E-state index contributed by atoms with van der Waals surface area (Å²) in [5.41, 5.74) is 5.07. The molecule has 0 saturated carbocycles. The molecular weight excluding hydrogens is 364 g/mol. The molecule has 0 bridgehead atoms. The second-order valence-corrected chi connectivity index (χ2v) is 7.41. The molecule has 0 saturated heterocycles. The number of benzene rings is 1. The lowest BCUT2D eigenvalue weighted by molar-refractivity contribution is 0.0953. The fourth-order valence-electron chi connectivity index (χ4n) is 4.00. The number of aromatic nitrogens is 4. The Labute approximate surface area is 168 Å². The van der Waals surface area contributed by atoms with Gasteiger partial charge in [0.1, 0.15) is 5.82 Å². The van der Waals surface area contributed by atoms with Crippen LogP contribution < -0.4 is 10.6 Å². The lowest BCUT2D eigenvalue weighted by Gasteiger charge is -2.09. The van der Waals surface area contributed by atoms with Gasteiger partial charge in [-0.3, -0.25) is 9.48 Å². The van der Waals surface area contributed by atoms with Gasteiger partial charge in [0.05, 0.1) is 11.8 Å². The van der Waals surface area contributed by atoms with E-state index in [4.69, 9.17) is 0 Å². The van der Waals surface area contributed by atoms with Crippen LogP contribution in [0.15, 0.2) is 55.1 Å². The number of aromatic amines is 1. The molecule has 4 heterocycles. The number of aryl methyl sites for hydroxylation is 1. The first-order valence-corrected chi connectivity index (χ1v) is 9.74. The Morgan fingerprint density at radius 2 is 2.21 bits per heavy atom. The standard InChI is InChI=1S/C22H22N6O/c1-28-13-16(11-27-28)19-12-26-21-18(19)8-15(10-25-21)22(29)23-7-6-14-9-24-20-5-3-2-4-17(14)20/h2-5,8-11,13,19,24H,6-7,12H2,1H3,(H,23,29)(H,25,26). The zero-order valence-corrected chi connectivity index (χ0v) is 16.1. The van der Waals surface area contributed by atoms with Crippen LogP contribution in [-0.2, 0) is 13.5 Å². The summed E-state index contributed by atoms with van der Waals surface area (Å²) in [4.78, 5) is 20.4. The number of rotatable bonds is 5. The van der Waals surface area contributed by atoms with Gasteiger partial charge in [-0.2, -0.15) is 5.10 Å². The lowest BCUT2D eigenvalue weighted by atomic mass is 9.96. The van der Waals surface area contributed by atoms with Crippen molar-refractivity contribution in [2.75, 3.05) is 18.4 Å². The van der Waals surface area contributed by atoms with Crippen molar-refractivity contribution < 1.29 is 4.79 Å². The monoisotopic (exact) mass is 386 g/mol. The molecule has 0 radical (unpaired) electrons. The number of amides is 1. The lowest BCUT2D eigenvalue weighted by Crippen LogP contribution is -2.26. The summed E-state index contributed by atoms with van der Waals surface area (Å²) < 4.78 is 1.79. The maximum absolute atomic E-state index is 12.7. The van der Waals surface area contributed by atoms with Crippen LogP contribution in [0, 0.1) is 0 Å². The molecule has 0 aliphatic carbocycles. The largest absolute Gasteiger partial charge is 0.369 e. The topological polar surface area (TPSA) is 87.6 Å². The van der Waals surface area contributed by atoms with Gasteiger partial charge < -0.3 is 15.6 Å². The van der Waals surface area contributed by atoms with E-state index >= 15 is 0 Å². The quantitative estimate of drug-likeness (QED) is 0.492. The highest BCUT2D eigenvalue weighted by molar-refractivity contribution is 5.94. The molecule has 1 unspecified atom stereocenters. The van der Waals surface area contributed by atoms with E-state index in [2.05, 4.69) is 37.8 Å². The summed E-state index contributed by atoms with van der Waals surface area (Å²) in [6.45, 7) is 1.34. The molecule has 7 nitrogen and oxygen atoms in total. The summed E-state index contributed by atoms with van der Waals surface area (Å²) in [6.07, 6.45) is 8.30. The van der Waals surface area contributed by atoms with Gasteiger partial charge in [0.25, 0.3) is 5.91 Å². The SMILES string of the molecule is Cn1cc(C2CNc3ncc(C(=O)NCCc4c[nH]c5ccccc45)cc32)cn1. The second-order valence-electron chi connectivity index (χ2n) is 7.41. The molecule has 7 heteroatoms. The summed E-state index contributed by atoms with van der Waals surface area (Å²) >= 11 is 0. The number of para-hydroxylation sites is 1. The third kappa shape index (κ3) is 3.24. The molecule has 3 N–H and O–H groups in total. The van der Waals surface area contributed by atoms with Gasteiger partial charge in [0.2, 0.25) is 0 Å². The highest BCUT2D eigenvalue weighted by Gasteiger charge is 2.27. The summed E-state index contributed by atoms with van der Waals surface area (Å²) in [5.74, 6) is 0.899.